The number of aliphatic carboxylic acids is 1. The number of carboxylic acids is 1. The summed E-state index contributed by atoms with van der Waals surface area (Å²) in [4.78, 5) is 14.5. The molecular formula is C30H35NO2. The van der Waals surface area contributed by atoms with Gasteiger partial charge in [0.25, 0.3) is 0 Å². The van der Waals surface area contributed by atoms with Crippen molar-refractivity contribution in [1.29, 1.82) is 0 Å². The van der Waals surface area contributed by atoms with E-state index in [-0.39, 0.29) is 5.57 Å². The molecule has 33 heavy (non-hydrogen) atoms. The second kappa shape index (κ2) is 11.0. The predicted octanol–water partition coefficient (Wildman–Crippen LogP) is 5.36. The highest BCUT2D eigenvalue weighted by molar-refractivity contribution is 5.99. The normalized spacial score (nSPS) is 14.1. The second-order valence-electron chi connectivity index (χ2n) is 8.31. The van der Waals surface area contributed by atoms with Crippen LogP contribution in [0.4, 0.5) is 5.69 Å². The Kier molecular flexibility index (Phi) is 8.11. The minimum Gasteiger partial charge on any atom is -0.478 e. The number of unbranched alkanes of at least 4 members (excludes halogenated alkanes) is 1. The number of carboxylic acid groups (broad SMARTS) is 1. The molecule has 0 fully saturated rings. The Labute approximate surface area is 197 Å². The lowest BCUT2D eigenvalue weighted by molar-refractivity contribution is -0.132. The maximum Gasteiger partial charge on any atom is 0.336 e. The average molecular weight is 442 g/mol. The van der Waals surface area contributed by atoms with Gasteiger partial charge in [0.2, 0.25) is 0 Å². The van der Waals surface area contributed by atoms with E-state index in [0.29, 0.717) is 5.57 Å². The third kappa shape index (κ3) is 5.03. The van der Waals surface area contributed by atoms with Crippen LogP contribution in [0.1, 0.15) is 57.2 Å². The van der Waals surface area contributed by atoms with Gasteiger partial charge >= 0.3 is 5.97 Å². The van der Waals surface area contributed by atoms with Crippen LogP contribution in [-0.2, 0) is 11.2 Å². The standard InChI is InChI=1S/C30H35NO2/c1-6-11-13-21-14-16-26-22(18-21)19-23-20-24(31(9-4)10-5)15-17-27(23)29(26)28(12-7-2)25(8-3)30(32)33/h7-8,12-18,20H,3,6,9-11,19H2,1-2,4-5H3,(H,32,33)/b12-7-,21-13-,28-25-. The Hall–Kier alpha value is -3.33. The Morgan fingerprint density at radius 2 is 1.85 bits per heavy atom. The number of allylic oxidation sites excluding steroid dienone is 3. The first-order valence-corrected chi connectivity index (χ1v) is 11.9. The molecule has 3 rings (SSSR count). The molecule has 0 aliphatic heterocycles. The van der Waals surface area contributed by atoms with Crippen LogP contribution in [0.25, 0.3) is 11.6 Å². The van der Waals surface area contributed by atoms with Gasteiger partial charge in [-0.2, -0.15) is 0 Å². The fourth-order valence-corrected chi connectivity index (χ4v) is 4.62. The summed E-state index contributed by atoms with van der Waals surface area (Å²) in [5.41, 5.74) is 6.64. The maximum atomic E-state index is 12.1. The summed E-state index contributed by atoms with van der Waals surface area (Å²) in [5, 5.41) is 12.2. The van der Waals surface area contributed by atoms with Crippen molar-refractivity contribution in [3.63, 3.8) is 0 Å². The lowest BCUT2D eigenvalue weighted by Gasteiger charge is -2.26. The van der Waals surface area contributed by atoms with Crippen molar-refractivity contribution in [1.82, 2.24) is 0 Å². The van der Waals surface area contributed by atoms with Gasteiger partial charge in [-0.05, 0) is 84.0 Å². The van der Waals surface area contributed by atoms with Gasteiger partial charge in [-0.25, -0.2) is 4.79 Å². The maximum absolute atomic E-state index is 12.1. The van der Waals surface area contributed by atoms with Crippen molar-refractivity contribution in [3.05, 3.63) is 99.5 Å². The molecule has 1 aliphatic rings. The topological polar surface area (TPSA) is 40.5 Å². The van der Waals surface area contributed by atoms with Gasteiger partial charge in [0.05, 0.1) is 5.57 Å². The number of hydrogen-bond donors (Lipinski definition) is 1. The fourth-order valence-electron chi connectivity index (χ4n) is 4.62. The Balaban J connectivity index is 2.41. The van der Waals surface area contributed by atoms with Crippen LogP contribution in [0.2, 0.25) is 0 Å². The van der Waals surface area contributed by atoms with Crippen LogP contribution < -0.4 is 15.3 Å². The first-order valence-electron chi connectivity index (χ1n) is 11.9. The van der Waals surface area contributed by atoms with Crippen molar-refractivity contribution in [2.45, 2.75) is 47.0 Å². The lowest BCUT2D eigenvalue weighted by atomic mass is 9.81. The van der Waals surface area contributed by atoms with Gasteiger partial charge in [-0.3, -0.25) is 0 Å². The van der Waals surface area contributed by atoms with Gasteiger partial charge in [0, 0.05) is 18.8 Å². The molecule has 172 valence electrons. The molecule has 3 nitrogen and oxygen atoms in total. The highest BCUT2D eigenvalue weighted by Gasteiger charge is 2.23. The molecule has 0 radical (unpaired) electrons. The number of hydrogen-bond acceptors (Lipinski definition) is 2. The largest absolute Gasteiger partial charge is 0.478 e. The van der Waals surface area contributed by atoms with E-state index in [0.717, 1.165) is 48.7 Å². The third-order valence-corrected chi connectivity index (χ3v) is 6.26. The molecule has 1 aliphatic carbocycles. The first kappa shape index (κ1) is 24.3. The zero-order valence-electron chi connectivity index (χ0n) is 20.3. The van der Waals surface area contributed by atoms with E-state index in [1.807, 2.05) is 19.1 Å². The zero-order chi connectivity index (χ0) is 24.0. The molecule has 0 aromatic heterocycles. The molecule has 3 heteroatoms. The van der Waals surface area contributed by atoms with Gasteiger partial charge in [0.1, 0.15) is 0 Å². The smallest absolute Gasteiger partial charge is 0.336 e. The summed E-state index contributed by atoms with van der Waals surface area (Å²) in [7, 11) is 0. The molecule has 0 atom stereocenters. The van der Waals surface area contributed by atoms with Crippen molar-refractivity contribution in [3.8, 4) is 0 Å². The van der Waals surface area contributed by atoms with Crippen LogP contribution in [-0.4, -0.2) is 24.2 Å². The van der Waals surface area contributed by atoms with Crippen LogP contribution >= 0.6 is 0 Å². The van der Waals surface area contributed by atoms with E-state index >= 15 is 0 Å². The Morgan fingerprint density at radius 1 is 1.09 bits per heavy atom. The molecule has 0 heterocycles. The summed E-state index contributed by atoms with van der Waals surface area (Å²) in [6.07, 6.45) is 10.5. The highest BCUT2D eigenvalue weighted by Crippen LogP contribution is 2.34. The van der Waals surface area contributed by atoms with Crippen molar-refractivity contribution < 1.29 is 9.90 Å². The molecule has 1 N–H and O–H groups in total. The van der Waals surface area contributed by atoms with Gasteiger partial charge in [-0.15, -0.1) is 0 Å². The second-order valence-corrected chi connectivity index (χ2v) is 8.31. The monoisotopic (exact) mass is 441 g/mol. The van der Waals surface area contributed by atoms with Crippen LogP contribution in [0.15, 0.2) is 72.4 Å². The summed E-state index contributed by atoms with van der Waals surface area (Å²) in [6, 6.07) is 13.1. The zero-order valence-corrected chi connectivity index (χ0v) is 20.3. The SMILES string of the molecule is C=C/C(C(=O)O)=C(\C=C/C)C1=c2cc/c(=C/CCC)cc2Cc2cc(N(CC)CC)ccc21. The summed E-state index contributed by atoms with van der Waals surface area (Å²) >= 11 is 0. The van der Waals surface area contributed by atoms with E-state index in [4.69, 9.17) is 0 Å². The molecule has 0 saturated carbocycles. The molecule has 2 aromatic rings. The Morgan fingerprint density at radius 3 is 2.45 bits per heavy atom. The molecule has 0 bridgehead atoms. The van der Waals surface area contributed by atoms with Gasteiger partial charge < -0.3 is 10.0 Å². The highest BCUT2D eigenvalue weighted by atomic mass is 16.4. The molecule has 0 unspecified atom stereocenters. The van der Waals surface area contributed by atoms with Gasteiger partial charge in [-0.1, -0.05) is 68.5 Å². The van der Waals surface area contributed by atoms with Crippen LogP contribution in [0.3, 0.4) is 0 Å². The van der Waals surface area contributed by atoms with E-state index in [9.17, 15) is 9.90 Å². The number of anilines is 1. The summed E-state index contributed by atoms with van der Waals surface area (Å²) < 4.78 is 0. The van der Waals surface area contributed by atoms with Crippen molar-refractivity contribution in [2.24, 2.45) is 0 Å². The molecule has 0 amide bonds. The third-order valence-electron chi connectivity index (χ3n) is 6.26. The van der Waals surface area contributed by atoms with Crippen LogP contribution in [0, 0.1) is 0 Å². The molecule has 2 aromatic carbocycles. The van der Waals surface area contributed by atoms with Gasteiger partial charge in [0.15, 0.2) is 0 Å². The summed E-state index contributed by atoms with van der Waals surface area (Å²) in [6.45, 7) is 14.1. The Bertz CT molecular complexity index is 1230. The number of benzene rings is 2. The fraction of sp³-hybridized carbons (Fsp3) is 0.300. The van der Waals surface area contributed by atoms with E-state index in [1.165, 1.54) is 28.1 Å². The number of fused-ring (bicyclic) bond motifs is 2. The number of carbonyl (C=O) groups is 1. The number of nitrogens with zero attached hydrogens (tertiary/aromatic N) is 1. The van der Waals surface area contributed by atoms with Crippen molar-refractivity contribution in [2.75, 3.05) is 18.0 Å². The lowest BCUT2D eigenvalue weighted by Crippen LogP contribution is -2.26. The minimum atomic E-state index is -0.966. The van der Waals surface area contributed by atoms with Crippen molar-refractivity contribution >= 4 is 23.3 Å². The quantitative estimate of drug-likeness (QED) is 0.421. The average Bonchev–Trinajstić information content (AvgIpc) is 2.81. The number of rotatable bonds is 9. The first-order chi connectivity index (χ1) is 16.0. The minimum absolute atomic E-state index is 0.219. The molecule has 0 spiro atoms. The van der Waals surface area contributed by atoms with E-state index in [1.54, 1.807) is 0 Å². The molecule has 0 saturated heterocycles. The predicted molar refractivity (Wildman–Crippen MR) is 140 cm³/mol. The van der Waals surface area contributed by atoms with E-state index < -0.39 is 5.97 Å². The van der Waals surface area contributed by atoms with E-state index in [2.05, 4.69) is 74.7 Å². The van der Waals surface area contributed by atoms with Crippen LogP contribution in [0.5, 0.6) is 0 Å². The summed E-state index contributed by atoms with van der Waals surface area (Å²) in [5.74, 6) is -0.966. The molecular weight excluding hydrogens is 406 g/mol.